The van der Waals surface area contributed by atoms with Gasteiger partial charge in [-0.1, -0.05) is 0 Å². The maximum absolute atomic E-state index is 8.86. The Hall–Kier alpha value is -1.72. The molecule has 5 nitrogen and oxygen atoms in total. The van der Waals surface area contributed by atoms with Crippen molar-refractivity contribution >= 4 is 0 Å². The first-order valence-corrected chi connectivity index (χ1v) is 6.08. The summed E-state index contributed by atoms with van der Waals surface area (Å²) in [6.07, 6.45) is 6.14. The average molecular weight is 246 g/mol. The van der Waals surface area contributed by atoms with Crippen LogP contribution in [0, 0.1) is 0 Å². The van der Waals surface area contributed by atoms with Crippen LogP contribution in [-0.2, 0) is 6.54 Å². The summed E-state index contributed by atoms with van der Waals surface area (Å²) < 4.78 is 0. The minimum atomic E-state index is 0.203. The van der Waals surface area contributed by atoms with Gasteiger partial charge in [0.15, 0.2) is 0 Å². The zero-order valence-corrected chi connectivity index (χ0v) is 10.4. The van der Waals surface area contributed by atoms with Crippen molar-refractivity contribution in [2.24, 2.45) is 0 Å². The molecule has 2 aromatic heterocycles. The molecular formula is C13H18N4O. The predicted octanol–water partition coefficient (Wildman–Crippen LogP) is 1.33. The first kappa shape index (κ1) is 12.7. The van der Waals surface area contributed by atoms with E-state index in [1.807, 2.05) is 24.5 Å². The summed E-state index contributed by atoms with van der Waals surface area (Å²) >= 11 is 0. The lowest BCUT2D eigenvalue weighted by Crippen LogP contribution is -2.26. The predicted molar refractivity (Wildman–Crippen MR) is 69.8 cm³/mol. The third-order valence-corrected chi connectivity index (χ3v) is 2.87. The molecule has 0 bridgehead atoms. The molecule has 0 radical (unpaired) electrons. The van der Waals surface area contributed by atoms with Gasteiger partial charge in [-0.05, 0) is 25.5 Å². The van der Waals surface area contributed by atoms with Crippen LogP contribution in [0.2, 0.25) is 0 Å². The lowest BCUT2D eigenvalue weighted by Gasteiger charge is -2.12. The normalized spacial score (nSPS) is 12.6. The Morgan fingerprint density at radius 1 is 1.44 bits per heavy atom. The van der Waals surface area contributed by atoms with Gasteiger partial charge in [0.05, 0.1) is 11.9 Å². The molecule has 0 spiro atoms. The van der Waals surface area contributed by atoms with Crippen molar-refractivity contribution in [2.45, 2.75) is 25.9 Å². The van der Waals surface area contributed by atoms with E-state index >= 15 is 0 Å². The van der Waals surface area contributed by atoms with Crippen molar-refractivity contribution in [1.82, 2.24) is 20.5 Å². The Bertz CT molecular complexity index is 469. The fraction of sp³-hybridized carbons (Fsp3) is 0.385. The zero-order chi connectivity index (χ0) is 12.8. The molecule has 0 aliphatic rings. The zero-order valence-electron chi connectivity index (χ0n) is 10.4. The van der Waals surface area contributed by atoms with Crippen molar-refractivity contribution in [3.05, 3.63) is 36.3 Å². The van der Waals surface area contributed by atoms with Crippen LogP contribution < -0.4 is 5.32 Å². The van der Waals surface area contributed by atoms with Crippen molar-refractivity contribution < 1.29 is 5.11 Å². The third kappa shape index (κ3) is 3.15. The molecule has 0 aliphatic heterocycles. The summed E-state index contributed by atoms with van der Waals surface area (Å²) in [5.41, 5.74) is 3.13. The molecule has 18 heavy (non-hydrogen) atoms. The largest absolute Gasteiger partial charge is 0.396 e. The van der Waals surface area contributed by atoms with E-state index in [1.165, 1.54) is 0 Å². The number of aliphatic hydroxyl groups is 1. The molecule has 0 amide bonds. The van der Waals surface area contributed by atoms with Crippen LogP contribution in [0.1, 0.15) is 18.9 Å². The number of hydrogen-bond acceptors (Lipinski definition) is 4. The highest BCUT2D eigenvalue weighted by Crippen LogP contribution is 2.19. The Balaban J connectivity index is 2.05. The van der Waals surface area contributed by atoms with Gasteiger partial charge in [0.25, 0.3) is 0 Å². The van der Waals surface area contributed by atoms with Gasteiger partial charge in [0, 0.05) is 42.7 Å². The van der Waals surface area contributed by atoms with Gasteiger partial charge in [-0.15, -0.1) is 0 Å². The fourth-order valence-electron chi connectivity index (χ4n) is 1.79. The van der Waals surface area contributed by atoms with Crippen molar-refractivity contribution in [2.75, 3.05) is 6.61 Å². The van der Waals surface area contributed by atoms with Crippen LogP contribution in [-0.4, -0.2) is 32.9 Å². The number of aromatic nitrogens is 3. The van der Waals surface area contributed by atoms with Crippen molar-refractivity contribution in [3.8, 4) is 11.3 Å². The van der Waals surface area contributed by atoms with Crippen molar-refractivity contribution in [3.63, 3.8) is 0 Å². The van der Waals surface area contributed by atoms with E-state index in [9.17, 15) is 0 Å². The Labute approximate surface area is 106 Å². The summed E-state index contributed by atoms with van der Waals surface area (Å²) in [7, 11) is 0. The first-order valence-electron chi connectivity index (χ1n) is 6.08. The summed E-state index contributed by atoms with van der Waals surface area (Å²) in [6.45, 7) is 2.98. The van der Waals surface area contributed by atoms with E-state index in [0.717, 1.165) is 29.8 Å². The number of aromatic amines is 1. The molecule has 0 fully saturated rings. The lowest BCUT2D eigenvalue weighted by atomic mass is 10.1. The summed E-state index contributed by atoms with van der Waals surface area (Å²) in [4.78, 5) is 4.11. The van der Waals surface area contributed by atoms with E-state index in [2.05, 4.69) is 27.4 Å². The molecular weight excluding hydrogens is 228 g/mol. The van der Waals surface area contributed by atoms with Gasteiger partial charge >= 0.3 is 0 Å². The van der Waals surface area contributed by atoms with Gasteiger partial charge in [0.2, 0.25) is 0 Å². The van der Waals surface area contributed by atoms with Crippen LogP contribution in [0.15, 0.2) is 30.7 Å². The van der Waals surface area contributed by atoms with Crippen LogP contribution in [0.25, 0.3) is 11.3 Å². The molecule has 3 N–H and O–H groups in total. The molecule has 0 aliphatic carbocycles. The van der Waals surface area contributed by atoms with E-state index in [4.69, 9.17) is 5.11 Å². The van der Waals surface area contributed by atoms with Gasteiger partial charge in [-0.2, -0.15) is 5.10 Å². The number of pyridine rings is 1. The van der Waals surface area contributed by atoms with Gasteiger partial charge in [-0.25, -0.2) is 0 Å². The average Bonchev–Trinajstić information content (AvgIpc) is 2.86. The Morgan fingerprint density at radius 2 is 2.33 bits per heavy atom. The van der Waals surface area contributed by atoms with Crippen LogP contribution in [0.4, 0.5) is 0 Å². The number of hydrogen-bond donors (Lipinski definition) is 3. The Kier molecular flexibility index (Phi) is 4.44. The summed E-state index contributed by atoms with van der Waals surface area (Å²) in [5.74, 6) is 0. The molecule has 2 aromatic rings. The highest BCUT2D eigenvalue weighted by Gasteiger charge is 2.08. The second-order valence-electron chi connectivity index (χ2n) is 4.31. The number of H-pyrrole nitrogens is 1. The molecule has 1 unspecified atom stereocenters. The maximum atomic E-state index is 8.86. The van der Waals surface area contributed by atoms with E-state index in [1.54, 1.807) is 6.20 Å². The monoisotopic (exact) mass is 246 g/mol. The quantitative estimate of drug-likeness (QED) is 0.719. The van der Waals surface area contributed by atoms with E-state index in [0.29, 0.717) is 0 Å². The SMILES string of the molecule is CC(CCO)NCc1cn[nH]c1-c1cccnc1. The highest BCUT2D eigenvalue weighted by atomic mass is 16.3. The highest BCUT2D eigenvalue weighted by molar-refractivity contribution is 5.61. The molecule has 0 saturated carbocycles. The van der Waals surface area contributed by atoms with Gasteiger partial charge in [0.1, 0.15) is 0 Å². The second kappa shape index (κ2) is 6.28. The Morgan fingerprint density at radius 3 is 3.06 bits per heavy atom. The minimum Gasteiger partial charge on any atom is -0.396 e. The van der Waals surface area contributed by atoms with Crippen LogP contribution in [0.5, 0.6) is 0 Å². The molecule has 0 saturated heterocycles. The standard InChI is InChI=1S/C13H18N4O/c1-10(4-6-18)15-8-12-9-16-17-13(12)11-3-2-5-14-7-11/h2-3,5,7,9-10,15,18H,4,6,8H2,1H3,(H,16,17). The number of nitrogens with one attached hydrogen (secondary N) is 2. The topological polar surface area (TPSA) is 73.8 Å². The van der Waals surface area contributed by atoms with E-state index < -0.39 is 0 Å². The molecule has 1 atom stereocenters. The summed E-state index contributed by atoms with van der Waals surface area (Å²) in [6, 6.07) is 4.19. The third-order valence-electron chi connectivity index (χ3n) is 2.87. The van der Waals surface area contributed by atoms with Crippen LogP contribution >= 0.6 is 0 Å². The molecule has 5 heteroatoms. The van der Waals surface area contributed by atoms with Gasteiger partial charge in [-0.3, -0.25) is 10.1 Å². The number of nitrogens with zero attached hydrogens (tertiary/aromatic N) is 2. The smallest absolute Gasteiger partial charge is 0.0710 e. The minimum absolute atomic E-state index is 0.203. The molecule has 0 aromatic carbocycles. The molecule has 2 rings (SSSR count). The second-order valence-corrected chi connectivity index (χ2v) is 4.31. The molecule has 2 heterocycles. The van der Waals surface area contributed by atoms with E-state index in [-0.39, 0.29) is 12.6 Å². The number of aliphatic hydroxyl groups excluding tert-OH is 1. The lowest BCUT2D eigenvalue weighted by molar-refractivity contribution is 0.268. The molecule has 96 valence electrons. The first-order chi connectivity index (χ1) is 8.81. The van der Waals surface area contributed by atoms with Gasteiger partial charge < -0.3 is 10.4 Å². The fourth-order valence-corrected chi connectivity index (χ4v) is 1.79. The van der Waals surface area contributed by atoms with Crippen molar-refractivity contribution in [1.29, 1.82) is 0 Å². The number of rotatable bonds is 6. The summed E-state index contributed by atoms with van der Waals surface area (Å²) in [5, 5.41) is 19.3. The maximum Gasteiger partial charge on any atom is 0.0710 e. The van der Waals surface area contributed by atoms with Crippen LogP contribution in [0.3, 0.4) is 0 Å².